The predicted molar refractivity (Wildman–Crippen MR) is 88.3 cm³/mol. The number of hydrogen-bond acceptors (Lipinski definition) is 6. The zero-order chi connectivity index (χ0) is 15.6. The average Bonchev–Trinajstić information content (AvgIpc) is 2.46. The third-order valence-electron chi connectivity index (χ3n) is 4.20. The van der Waals surface area contributed by atoms with Gasteiger partial charge in [-0.25, -0.2) is 0 Å². The number of carbonyl (C=O) groups excluding carboxylic acids is 2. The molecule has 4 N–H and O–H groups in total. The van der Waals surface area contributed by atoms with Crippen LogP contribution in [0, 0.1) is 0 Å². The number of nitrogens with one attached hydrogen (secondary N) is 2. The summed E-state index contributed by atoms with van der Waals surface area (Å²) in [4.78, 5) is 26.4. The number of hydrogen-bond donors (Lipinski definition) is 3. The van der Waals surface area contributed by atoms with Gasteiger partial charge in [-0.05, 0) is 6.92 Å². The van der Waals surface area contributed by atoms with Gasteiger partial charge in [-0.1, -0.05) is 6.92 Å². The highest BCUT2D eigenvalue weighted by atomic mass is 32.2. The molecule has 2 aliphatic rings. The van der Waals surface area contributed by atoms with E-state index in [1.54, 1.807) is 30.6 Å². The zero-order valence-corrected chi connectivity index (χ0v) is 14.4. The molecule has 21 heavy (non-hydrogen) atoms. The van der Waals surface area contributed by atoms with E-state index in [1.165, 1.54) is 0 Å². The molecule has 2 fully saturated rings. The lowest BCUT2D eigenvalue weighted by molar-refractivity contribution is -0.129. The summed E-state index contributed by atoms with van der Waals surface area (Å²) >= 11 is 3.40. The van der Waals surface area contributed by atoms with Crippen molar-refractivity contribution in [1.82, 2.24) is 15.5 Å². The predicted octanol–water partition coefficient (Wildman–Crippen LogP) is -0.555. The summed E-state index contributed by atoms with van der Waals surface area (Å²) < 4.78 is -0.623. The van der Waals surface area contributed by atoms with Crippen LogP contribution in [0.3, 0.4) is 0 Å². The maximum atomic E-state index is 12.4. The van der Waals surface area contributed by atoms with E-state index in [0.29, 0.717) is 0 Å². The molecule has 0 aromatic carbocycles. The second-order valence-electron chi connectivity index (χ2n) is 5.55. The van der Waals surface area contributed by atoms with E-state index in [0.717, 1.165) is 24.6 Å². The van der Waals surface area contributed by atoms with Gasteiger partial charge in [0.2, 0.25) is 11.8 Å². The summed E-state index contributed by atoms with van der Waals surface area (Å²) in [7, 11) is 1.65. The van der Waals surface area contributed by atoms with E-state index in [1.807, 2.05) is 13.8 Å². The van der Waals surface area contributed by atoms with E-state index in [2.05, 4.69) is 15.5 Å². The molecule has 4 atom stereocenters. The van der Waals surface area contributed by atoms with E-state index >= 15 is 0 Å². The van der Waals surface area contributed by atoms with E-state index in [-0.39, 0.29) is 29.3 Å². The minimum atomic E-state index is -0.623. The molecule has 0 saturated carbocycles. The normalized spacial score (nSPS) is 38.0. The molecule has 2 amide bonds. The Kier molecular flexibility index (Phi) is 5.45. The van der Waals surface area contributed by atoms with Crippen LogP contribution in [-0.4, -0.2) is 70.6 Å². The third kappa shape index (κ3) is 3.18. The molecule has 0 bridgehead atoms. The number of nitrogens with two attached hydrogens (primary N) is 1. The Labute approximate surface area is 134 Å². The molecule has 0 aromatic heterocycles. The van der Waals surface area contributed by atoms with Crippen LogP contribution in [0.15, 0.2) is 0 Å². The Morgan fingerprint density at radius 1 is 1.43 bits per heavy atom. The topological polar surface area (TPSA) is 87.5 Å². The van der Waals surface area contributed by atoms with E-state index < -0.39 is 4.75 Å². The SMILES string of the molecule is CNC(=O)C1(C)SCCNC1N1CCSC(C)C1C(N)=O. The van der Waals surface area contributed by atoms with Crippen molar-refractivity contribution < 1.29 is 9.59 Å². The van der Waals surface area contributed by atoms with Gasteiger partial charge >= 0.3 is 0 Å². The van der Waals surface area contributed by atoms with Crippen LogP contribution in [0.1, 0.15) is 13.8 Å². The highest BCUT2D eigenvalue weighted by Crippen LogP contribution is 2.37. The lowest BCUT2D eigenvalue weighted by atomic mass is 10.0. The molecule has 0 aliphatic carbocycles. The number of thioether (sulfide) groups is 2. The van der Waals surface area contributed by atoms with Crippen LogP contribution >= 0.6 is 23.5 Å². The fourth-order valence-corrected chi connectivity index (χ4v) is 5.55. The smallest absolute Gasteiger partial charge is 0.238 e. The van der Waals surface area contributed by atoms with Crippen molar-refractivity contribution in [2.45, 2.75) is 36.1 Å². The molecule has 0 radical (unpaired) electrons. The minimum Gasteiger partial charge on any atom is -0.368 e. The van der Waals surface area contributed by atoms with Gasteiger partial charge in [-0.15, -0.1) is 11.8 Å². The van der Waals surface area contributed by atoms with Crippen LogP contribution < -0.4 is 16.4 Å². The number of amides is 2. The first-order valence-corrected chi connectivity index (χ1v) is 9.21. The van der Waals surface area contributed by atoms with Crippen LogP contribution in [0.2, 0.25) is 0 Å². The fraction of sp³-hybridized carbons (Fsp3) is 0.846. The second kappa shape index (κ2) is 6.76. The quantitative estimate of drug-likeness (QED) is 0.642. The molecule has 8 heteroatoms. The zero-order valence-electron chi connectivity index (χ0n) is 12.7. The third-order valence-corrected chi connectivity index (χ3v) is 6.82. The molecule has 4 unspecified atom stereocenters. The Morgan fingerprint density at radius 3 is 2.76 bits per heavy atom. The van der Waals surface area contributed by atoms with Crippen molar-refractivity contribution in [1.29, 1.82) is 0 Å². The summed E-state index contributed by atoms with van der Waals surface area (Å²) in [6.45, 7) is 5.55. The van der Waals surface area contributed by atoms with Crippen LogP contribution in [0.4, 0.5) is 0 Å². The maximum Gasteiger partial charge on any atom is 0.238 e. The van der Waals surface area contributed by atoms with Gasteiger partial charge in [0.15, 0.2) is 0 Å². The van der Waals surface area contributed by atoms with Crippen molar-refractivity contribution in [2.24, 2.45) is 5.73 Å². The van der Waals surface area contributed by atoms with Gasteiger partial charge in [0, 0.05) is 36.9 Å². The molecule has 0 aromatic rings. The Balaban J connectivity index is 2.31. The number of carbonyl (C=O) groups is 2. The van der Waals surface area contributed by atoms with E-state index in [9.17, 15) is 9.59 Å². The molecule has 2 saturated heterocycles. The van der Waals surface area contributed by atoms with Crippen molar-refractivity contribution in [3.63, 3.8) is 0 Å². The van der Waals surface area contributed by atoms with Crippen molar-refractivity contribution in [3.8, 4) is 0 Å². The molecule has 2 heterocycles. The molecule has 2 aliphatic heterocycles. The average molecular weight is 332 g/mol. The lowest BCUT2D eigenvalue weighted by Crippen LogP contribution is -2.71. The highest BCUT2D eigenvalue weighted by molar-refractivity contribution is 8.01. The number of primary amides is 1. The second-order valence-corrected chi connectivity index (χ2v) is 8.58. The Bertz CT molecular complexity index is 423. The van der Waals surface area contributed by atoms with Crippen molar-refractivity contribution in [2.75, 3.05) is 31.6 Å². The monoisotopic (exact) mass is 332 g/mol. The highest BCUT2D eigenvalue weighted by Gasteiger charge is 2.50. The Morgan fingerprint density at radius 2 is 2.14 bits per heavy atom. The summed E-state index contributed by atoms with van der Waals surface area (Å²) in [5.41, 5.74) is 5.62. The summed E-state index contributed by atoms with van der Waals surface area (Å²) in [6.07, 6.45) is -0.183. The molecule has 6 nitrogen and oxygen atoms in total. The number of nitrogens with zero attached hydrogens (tertiary/aromatic N) is 1. The number of rotatable bonds is 3. The van der Waals surface area contributed by atoms with Gasteiger partial charge in [-0.3, -0.25) is 19.8 Å². The fourth-order valence-electron chi connectivity index (χ4n) is 3.13. The largest absolute Gasteiger partial charge is 0.368 e. The first-order valence-electron chi connectivity index (χ1n) is 7.18. The minimum absolute atomic E-state index is 0.0150. The molecule has 2 rings (SSSR count). The molecular weight excluding hydrogens is 308 g/mol. The molecule has 0 spiro atoms. The molecular formula is C13H24N4O2S2. The van der Waals surface area contributed by atoms with Gasteiger partial charge < -0.3 is 11.1 Å². The lowest BCUT2D eigenvalue weighted by Gasteiger charge is -2.50. The summed E-state index contributed by atoms with van der Waals surface area (Å²) in [5, 5.41) is 6.32. The first-order chi connectivity index (χ1) is 9.91. The van der Waals surface area contributed by atoms with Gasteiger partial charge in [-0.2, -0.15) is 11.8 Å². The van der Waals surface area contributed by atoms with Crippen molar-refractivity contribution in [3.05, 3.63) is 0 Å². The van der Waals surface area contributed by atoms with Gasteiger partial charge in [0.1, 0.15) is 10.8 Å². The Hall–Kier alpha value is -0.440. The van der Waals surface area contributed by atoms with Gasteiger partial charge in [0.25, 0.3) is 0 Å². The summed E-state index contributed by atoms with van der Waals surface area (Å²) in [5.74, 6) is 1.49. The van der Waals surface area contributed by atoms with Gasteiger partial charge in [0.05, 0.1) is 6.17 Å². The maximum absolute atomic E-state index is 12.4. The molecule has 120 valence electrons. The van der Waals surface area contributed by atoms with Crippen molar-refractivity contribution >= 4 is 35.3 Å². The van der Waals surface area contributed by atoms with E-state index in [4.69, 9.17) is 5.73 Å². The van der Waals surface area contributed by atoms with Crippen LogP contribution in [0.5, 0.6) is 0 Å². The van der Waals surface area contributed by atoms with Crippen LogP contribution in [0.25, 0.3) is 0 Å². The van der Waals surface area contributed by atoms with Crippen LogP contribution in [-0.2, 0) is 9.59 Å². The first kappa shape index (κ1) is 16.9. The standard InChI is InChI=1S/C13H24N4O2S2/c1-8-9(10(14)18)17(5-7-20-8)11-13(2,12(19)15-3)21-6-4-16-11/h8-9,11,16H,4-7H2,1-3H3,(H2,14,18)(H,15,19). The summed E-state index contributed by atoms with van der Waals surface area (Å²) in [6, 6.07) is -0.344.